The first-order valence-electron chi connectivity index (χ1n) is 9.82. The number of hydrogen-bond donors (Lipinski definition) is 2. The van der Waals surface area contributed by atoms with Gasteiger partial charge < -0.3 is 10.6 Å². The highest BCUT2D eigenvalue weighted by atomic mass is 16.2. The zero-order chi connectivity index (χ0) is 17.3. The van der Waals surface area contributed by atoms with E-state index in [9.17, 15) is 9.59 Å². The number of aryl methyl sites for hydroxylation is 1. The molecule has 0 saturated heterocycles. The van der Waals surface area contributed by atoms with E-state index >= 15 is 0 Å². The molecule has 2 saturated carbocycles. The van der Waals surface area contributed by atoms with Crippen LogP contribution in [-0.2, 0) is 21.4 Å². The van der Waals surface area contributed by atoms with Crippen molar-refractivity contribution in [2.45, 2.75) is 56.8 Å². The summed E-state index contributed by atoms with van der Waals surface area (Å²) in [6, 6.07) is 8.84. The number of carbonyl (C=O) groups excluding carboxylic acids is 2. The summed E-state index contributed by atoms with van der Waals surface area (Å²) in [5, 5.41) is 6.03. The Balaban J connectivity index is 1.18. The van der Waals surface area contributed by atoms with Crippen LogP contribution in [0.15, 0.2) is 24.3 Å². The Morgan fingerprint density at radius 2 is 2.00 bits per heavy atom. The number of amides is 2. The molecule has 2 fully saturated rings. The molecule has 25 heavy (non-hydrogen) atoms. The van der Waals surface area contributed by atoms with Gasteiger partial charge >= 0.3 is 0 Å². The Bertz CT molecular complexity index is 668. The number of rotatable bonds is 7. The van der Waals surface area contributed by atoms with Crippen LogP contribution in [0, 0.1) is 11.8 Å². The molecule has 4 heteroatoms. The summed E-state index contributed by atoms with van der Waals surface area (Å²) < 4.78 is 0. The van der Waals surface area contributed by atoms with Crippen molar-refractivity contribution in [1.82, 2.24) is 10.6 Å². The SMILES string of the molecule is O=C(CCCNC(=O)C1CC1)NC[C@H]1C[C@]12CCCc1ccccc12. The van der Waals surface area contributed by atoms with Crippen molar-refractivity contribution >= 4 is 11.8 Å². The van der Waals surface area contributed by atoms with Crippen LogP contribution >= 0.6 is 0 Å². The normalized spacial score (nSPS) is 26.8. The Morgan fingerprint density at radius 1 is 1.16 bits per heavy atom. The van der Waals surface area contributed by atoms with E-state index in [2.05, 4.69) is 34.9 Å². The molecule has 2 amide bonds. The van der Waals surface area contributed by atoms with Crippen LogP contribution in [0.5, 0.6) is 0 Å². The number of nitrogens with one attached hydrogen (secondary N) is 2. The van der Waals surface area contributed by atoms with E-state index in [1.54, 1.807) is 0 Å². The second-order valence-corrected chi connectivity index (χ2v) is 8.04. The van der Waals surface area contributed by atoms with Gasteiger partial charge in [-0.2, -0.15) is 0 Å². The van der Waals surface area contributed by atoms with Gasteiger partial charge in [-0.3, -0.25) is 9.59 Å². The van der Waals surface area contributed by atoms with Crippen LogP contribution in [0.3, 0.4) is 0 Å². The van der Waals surface area contributed by atoms with Crippen LogP contribution in [0.2, 0.25) is 0 Å². The summed E-state index contributed by atoms with van der Waals surface area (Å²) in [6.45, 7) is 1.41. The fourth-order valence-corrected chi connectivity index (χ4v) is 4.51. The summed E-state index contributed by atoms with van der Waals surface area (Å²) in [5.74, 6) is 1.12. The monoisotopic (exact) mass is 340 g/mol. The van der Waals surface area contributed by atoms with Gasteiger partial charge in [0.2, 0.25) is 11.8 Å². The predicted octanol–water partition coefficient (Wildman–Crippen LogP) is 2.70. The maximum Gasteiger partial charge on any atom is 0.223 e. The minimum absolute atomic E-state index is 0.117. The molecule has 4 nitrogen and oxygen atoms in total. The molecule has 0 aliphatic heterocycles. The molecule has 1 aromatic rings. The summed E-state index contributed by atoms with van der Waals surface area (Å²) in [5.41, 5.74) is 3.37. The maximum atomic E-state index is 12.1. The zero-order valence-corrected chi connectivity index (χ0v) is 14.9. The molecule has 134 valence electrons. The van der Waals surface area contributed by atoms with Crippen molar-refractivity contribution in [2.75, 3.05) is 13.1 Å². The Kier molecular flexibility index (Phi) is 4.53. The lowest BCUT2D eigenvalue weighted by molar-refractivity contribution is -0.123. The first kappa shape index (κ1) is 16.6. The van der Waals surface area contributed by atoms with Crippen molar-refractivity contribution in [3.8, 4) is 0 Å². The molecule has 0 heterocycles. The molecule has 0 aromatic heterocycles. The second kappa shape index (κ2) is 6.81. The standard InChI is InChI=1S/C21H28N2O2/c24-19(8-4-12-22-20(25)16-9-10-16)23-14-17-13-21(17)11-3-6-15-5-1-2-7-18(15)21/h1-2,5,7,16-17H,3-4,6,8-14H2,(H,22,25)(H,23,24)/t17-,21-/m1/s1. The Labute approximate surface area is 149 Å². The molecule has 0 bridgehead atoms. The third-order valence-electron chi connectivity index (χ3n) is 6.23. The quantitative estimate of drug-likeness (QED) is 0.750. The number of fused-ring (bicyclic) bond motifs is 2. The third kappa shape index (κ3) is 3.58. The van der Waals surface area contributed by atoms with Crippen LogP contribution in [-0.4, -0.2) is 24.9 Å². The smallest absolute Gasteiger partial charge is 0.223 e. The summed E-state index contributed by atoms with van der Waals surface area (Å²) in [4.78, 5) is 23.6. The average Bonchev–Trinajstić information content (AvgIpc) is 3.53. The van der Waals surface area contributed by atoms with Crippen LogP contribution < -0.4 is 10.6 Å². The molecule has 2 N–H and O–H groups in total. The van der Waals surface area contributed by atoms with Crippen LogP contribution in [0.25, 0.3) is 0 Å². The zero-order valence-electron chi connectivity index (χ0n) is 14.9. The lowest BCUT2D eigenvalue weighted by atomic mass is 9.78. The van der Waals surface area contributed by atoms with Crippen LogP contribution in [0.4, 0.5) is 0 Å². The molecular formula is C21H28N2O2. The predicted molar refractivity (Wildman–Crippen MR) is 97.1 cm³/mol. The van der Waals surface area contributed by atoms with Gasteiger partial charge in [-0.25, -0.2) is 0 Å². The summed E-state index contributed by atoms with van der Waals surface area (Å²) in [7, 11) is 0. The highest BCUT2D eigenvalue weighted by Crippen LogP contribution is 2.59. The first-order valence-corrected chi connectivity index (χ1v) is 9.82. The lowest BCUT2D eigenvalue weighted by Crippen LogP contribution is -2.30. The molecular weight excluding hydrogens is 312 g/mol. The molecule has 2 atom stereocenters. The largest absolute Gasteiger partial charge is 0.356 e. The van der Waals surface area contributed by atoms with Gasteiger partial charge in [-0.1, -0.05) is 24.3 Å². The average molecular weight is 340 g/mol. The third-order valence-corrected chi connectivity index (χ3v) is 6.23. The van der Waals surface area contributed by atoms with Gasteiger partial charge in [0.25, 0.3) is 0 Å². The maximum absolute atomic E-state index is 12.1. The Morgan fingerprint density at radius 3 is 2.84 bits per heavy atom. The van der Waals surface area contributed by atoms with E-state index in [1.165, 1.54) is 36.8 Å². The van der Waals surface area contributed by atoms with Gasteiger partial charge in [0.15, 0.2) is 0 Å². The van der Waals surface area contributed by atoms with E-state index < -0.39 is 0 Å². The van der Waals surface area contributed by atoms with Gasteiger partial charge in [0.05, 0.1) is 0 Å². The van der Waals surface area contributed by atoms with E-state index in [-0.39, 0.29) is 17.7 Å². The van der Waals surface area contributed by atoms with Gasteiger partial charge in [-0.05, 0) is 62.0 Å². The molecule has 1 aromatic carbocycles. The van der Waals surface area contributed by atoms with Crippen molar-refractivity contribution in [3.05, 3.63) is 35.4 Å². The summed E-state index contributed by atoms with van der Waals surface area (Å²) >= 11 is 0. The van der Waals surface area contributed by atoms with E-state index in [1.807, 2.05) is 0 Å². The van der Waals surface area contributed by atoms with Crippen LogP contribution in [0.1, 0.15) is 56.1 Å². The second-order valence-electron chi connectivity index (χ2n) is 8.04. The topological polar surface area (TPSA) is 58.2 Å². The summed E-state index contributed by atoms with van der Waals surface area (Å²) in [6.07, 6.45) is 8.21. The Hall–Kier alpha value is -1.84. The highest BCUT2D eigenvalue weighted by Gasteiger charge is 2.56. The number of carbonyl (C=O) groups is 2. The molecule has 0 unspecified atom stereocenters. The van der Waals surface area contributed by atoms with Crippen molar-refractivity contribution in [1.29, 1.82) is 0 Å². The van der Waals surface area contributed by atoms with Crippen molar-refractivity contribution in [2.24, 2.45) is 11.8 Å². The van der Waals surface area contributed by atoms with Gasteiger partial charge in [0.1, 0.15) is 0 Å². The first-order chi connectivity index (χ1) is 12.2. The number of benzene rings is 1. The minimum atomic E-state index is 0.117. The van der Waals surface area contributed by atoms with Gasteiger partial charge in [-0.15, -0.1) is 0 Å². The number of hydrogen-bond acceptors (Lipinski definition) is 2. The fourth-order valence-electron chi connectivity index (χ4n) is 4.51. The molecule has 1 spiro atoms. The highest BCUT2D eigenvalue weighted by molar-refractivity contribution is 5.81. The molecule has 3 aliphatic rings. The van der Waals surface area contributed by atoms with E-state index in [4.69, 9.17) is 0 Å². The van der Waals surface area contributed by atoms with E-state index in [0.717, 1.165) is 25.8 Å². The molecule has 4 rings (SSSR count). The fraction of sp³-hybridized carbons (Fsp3) is 0.619. The molecule has 3 aliphatic carbocycles. The van der Waals surface area contributed by atoms with Crippen molar-refractivity contribution < 1.29 is 9.59 Å². The minimum Gasteiger partial charge on any atom is -0.356 e. The lowest BCUT2D eigenvalue weighted by Gasteiger charge is -2.26. The molecule has 0 radical (unpaired) electrons. The van der Waals surface area contributed by atoms with Gasteiger partial charge in [0, 0.05) is 30.8 Å². The van der Waals surface area contributed by atoms with Crippen molar-refractivity contribution in [3.63, 3.8) is 0 Å². The van der Waals surface area contributed by atoms with E-state index in [0.29, 0.717) is 24.3 Å².